The second kappa shape index (κ2) is 3.98. The van der Waals surface area contributed by atoms with Gasteiger partial charge in [-0.25, -0.2) is 0 Å². The van der Waals surface area contributed by atoms with Gasteiger partial charge in [0.25, 0.3) is 0 Å². The van der Waals surface area contributed by atoms with Crippen LogP contribution in [0.3, 0.4) is 0 Å². The van der Waals surface area contributed by atoms with Crippen molar-refractivity contribution in [2.75, 3.05) is 0 Å². The molecule has 0 amide bonds. The highest BCUT2D eigenvalue weighted by molar-refractivity contribution is 7.41. The highest BCUT2D eigenvalue weighted by Crippen LogP contribution is 2.65. The van der Waals surface area contributed by atoms with Gasteiger partial charge >= 0.3 is 0 Å². The Hall–Kier alpha value is 0.350. The molecule has 2 fully saturated rings. The number of aliphatic hydroxyl groups is 1. The first-order chi connectivity index (χ1) is 7.00. The van der Waals surface area contributed by atoms with E-state index in [0.29, 0.717) is 5.66 Å². The summed E-state index contributed by atoms with van der Waals surface area (Å²) in [6.07, 6.45) is 5.49. The van der Waals surface area contributed by atoms with Gasteiger partial charge in [-0.1, -0.05) is 41.7 Å². The average molecular weight is 230 g/mol. The lowest BCUT2D eigenvalue weighted by atomic mass is 9.89. The summed E-state index contributed by atoms with van der Waals surface area (Å²) >= 11 is 0. The van der Waals surface area contributed by atoms with E-state index in [4.69, 9.17) is 4.74 Å². The molecule has 1 saturated heterocycles. The third-order valence-electron chi connectivity index (χ3n) is 3.81. The van der Waals surface area contributed by atoms with Crippen LogP contribution < -0.4 is 0 Å². The number of hydrogen-bond donors (Lipinski definition) is 1. The molecule has 0 spiro atoms. The summed E-state index contributed by atoms with van der Waals surface area (Å²) in [4.78, 5) is 0. The Bertz CT molecular complexity index is 240. The lowest BCUT2D eigenvalue weighted by Gasteiger charge is -2.25. The molecule has 2 nitrogen and oxygen atoms in total. The van der Waals surface area contributed by atoms with Gasteiger partial charge in [0.15, 0.2) is 0 Å². The summed E-state index contributed by atoms with van der Waals surface area (Å²) < 4.78 is 6.00. The number of aliphatic hydroxyl groups excluding tert-OH is 1. The van der Waals surface area contributed by atoms with Crippen LogP contribution in [0.15, 0.2) is 0 Å². The highest BCUT2D eigenvalue weighted by Gasteiger charge is 2.69. The molecule has 15 heavy (non-hydrogen) atoms. The van der Waals surface area contributed by atoms with Gasteiger partial charge in [0.05, 0.1) is 6.10 Å². The van der Waals surface area contributed by atoms with Gasteiger partial charge in [-0.05, 0) is 25.4 Å². The van der Waals surface area contributed by atoms with E-state index in [-0.39, 0.29) is 17.0 Å². The molecule has 4 atom stereocenters. The Morgan fingerprint density at radius 2 is 2.07 bits per heavy atom. The predicted octanol–water partition coefficient (Wildman–Crippen LogP) is 2.88. The maximum atomic E-state index is 10.1. The van der Waals surface area contributed by atoms with Crippen LogP contribution in [0.2, 0.25) is 0 Å². The quantitative estimate of drug-likeness (QED) is 0.584. The lowest BCUT2D eigenvalue weighted by Crippen LogP contribution is -2.34. The van der Waals surface area contributed by atoms with Gasteiger partial charge in [-0.15, -0.1) is 0 Å². The van der Waals surface area contributed by atoms with Crippen LogP contribution in [0, 0.1) is 0 Å². The molecule has 0 aromatic heterocycles. The van der Waals surface area contributed by atoms with Crippen LogP contribution in [-0.4, -0.2) is 27.8 Å². The molecule has 0 bridgehead atoms. The molecule has 0 radical (unpaired) electrons. The molecule has 2 aliphatic rings. The van der Waals surface area contributed by atoms with E-state index in [9.17, 15) is 5.11 Å². The summed E-state index contributed by atoms with van der Waals surface area (Å²) in [5.74, 6) is 0. The number of fused-ring (bicyclic) bond motifs is 1. The summed E-state index contributed by atoms with van der Waals surface area (Å²) in [6, 6.07) is 0. The maximum absolute atomic E-state index is 10.1. The topological polar surface area (TPSA) is 32.8 Å². The normalized spacial score (nSPS) is 46.6. The van der Waals surface area contributed by atoms with Crippen molar-refractivity contribution in [3.05, 3.63) is 0 Å². The Morgan fingerprint density at radius 3 is 2.73 bits per heavy atom. The average Bonchev–Trinajstić information content (AvgIpc) is 2.68. The molecule has 1 aliphatic heterocycles. The molecule has 3 heteroatoms. The van der Waals surface area contributed by atoms with Crippen molar-refractivity contribution in [3.8, 4) is 0 Å². The molecule has 0 aromatic rings. The van der Waals surface area contributed by atoms with Crippen molar-refractivity contribution in [3.63, 3.8) is 0 Å². The van der Waals surface area contributed by atoms with Crippen LogP contribution >= 0.6 is 8.58 Å². The van der Waals surface area contributed by atoms with Crippen molar-refractivity contribution in [2.24, 2.45) is 0 Å². The van der Waals surface area contributed by atoms with Crippen LogP contribution in [0.1, 0.15) is 52.9 Å². The van der Waals surface area contributed by atoms with Gasteiger partial charge in [0, 0.05) is 0 Å². The van der Waals surface area contributed by atoms with Crippen LogP contribution in [0.25, 0.3) is 0 Å². The molecular weight excluding hydrogens is 207 g/mol. The van der Waals surface area contributed by atoms with Crippen LogP contribution in [0.4, 0.5) is 0 Å². The zero-order valence-electron chi connectivity index (χ0n) is 10.0. The van der Waals surface area contributed by atoms with Crippen molar-refractivity contribution < 1.29 is 9.84 Å². The van der Waals surface area contributed by atoms with Crippen molar-refractivity contribution in [1.29, 1.82) is 0 Å². The van der Waals surface area contributed by atoms with E-state index < -0.39 is 0 Å². The van der Waals surface area contributed by atoms with E-state index in [0.717, 1.165) is 27.8 Å². The molecule has 1 N–H and O–H groups in total. The van der Waals surface area contributed by atoms with Gasteiger partial charge in [-0.3, -0.25) is 0 Å². The summed E-state index contributed by atoms with van der Waals surface area (Å²) in [5.41, 5.74) is 0.453. The van der Waals surface area contributed by atoms with Crippen molar-refractivity contribution in [1.82, 2.24) is 0 Å². The second-order valence-corrected chi connectivity index (χ2v) is 7.70. The summed E-state index contributed by atoms with van der Waals surface area (Å²) in [6.45, 7) is 6.61. The Morgan fingerprint density at radius 1 is 1.33 bits per heavy atom. The van der Waals surface area contributed by atoms with Gasteiger partial charge in [-0.2, -0.15) is 0 Å². The smallest absolute Gasteiger partial charge is 0.125 e. The fraction of sp³-hybridized carbons (Fsp3) is 1.00. The monoisotopic (exact) mass is 230 g/mol. The zero-order valence-corrected chi connectivity index (χ0v) is 11.0. The molecule has 2 rings (SSSR count). The fourth-order valence-corrected chi connectivity index (χ4v) is 4.83. The number of ether oxygens (including phenoxy) is 1. The fourth-order valence-electron chi connectivity index (χ4n) is 2.85. The minimum absolute atomic E-state index is 0.0288. The third kappa shape index (κ3) is 1.97. The number of epoxide rings is 1. The Labute approximate surface area is 94.6 Å². The molecule has 1 saturated carbocycles. The highest BCUT2D eigenvalue weighted by atomic mass is 31.1. The largest absolute Gasteiger partial charge is 0.390 e. The Kier molecular flexibility index (Phi) is 3.14. The van der Waals surface area contributed by atoms with Crippen LogP contribution in [0.5, 0.6) is 0 Å². The van der Waals surface area contributed by atoms with E-state index in [1.165, 1.54) is 12.8 Å². The minimum atomic E-state index is -0.246. The molecule has 1 heterocycles. The standard InChI is InChI=1S/C12H23O2P/c1-9(2)15-12-8-6-4-5-7-10(13)11(12,3)14-12/h9-10,13,15H,4-8H2,1-3H3. The van der Waals surface area contributed by atoms with Crippen molar-refractivity contribution in [2.45, 2.75) is 75.6 Å². The third-order valence-corrected chi connectivity index (χ3v) is 5.70. The number of hydrogen-bond acceptors (Lipinski definition) is 2. The van der Waals surface area contributed by atoms with Gasteiger partial charge < -0.3 is 9.84 Å². The van der Waals surface area contributed by atoms with Gasteiger partial charge in [0.2, 0.25) is 0 Å². The minimum Gasteiger partial charge on any atom is -0.390 e. The zero-order chi connectivity index (χ0) is 11.1. The van der Waals surface area contributed by atoms with Crippen molar-refractivity contribution >= 4 is 8.58 Å². The predicted molar refractivity (Wildman–Crippen MR) is 64.8 cm³/mol. The lowest BCUT2D eigenvalue weighted by molar-refractivity contribution is 0.0750. The van der Waals surface area contributed by atoms with Gasteiger partial charge in [0.1, 0.15) is 10.9 Å². The summed E-state index contributed by atoms with van der Waals surface area (Å²) in [7, 11) is 0.832. The Balaban J connectivity index is 2.10. The first kappa shape index (κ1) is 11.8. The molecule has 4 unspecified atom stereocenters. The van der Waals surface area contributed by atoms with E-state index >= 15 is 0 Å². The molecular formula is C12H23O2P. The SMILES string of the molecule is CC(C)PC12CCCCCC(O)C1(C)O2. The molecule has 0 aromatic carbocycles. The van der Waals surface area contributed by atoms with E-state index in [1.54, 1.807) is 0 Å². The maximum Gasteiger partial charge on any atom is 0.125 e. The molecule has 1 aliphatic carbocycles. The second-order valence-electron chi connectivity index (χ2n) is 5.45. The number of rotatable bonds is 2. The van der Waals surface area contributed by atoms with E-state index in [2.05, 4.69) is 20.8 Å². The van der Waals surface area contributed by atoms with E-state index in [1.807, 2.05) is 0 Å². The summed E-state index contributed by atoms with van der Waals surface area (Å²) in [5, 5.41) is 10.2. The first-order valence-corrected chi connectivity index (χ1v) is 7.24. The molecule has 88 valence electrons. The first-order valence-electron chi connectivity index (χ1n) is 6.16. The van der Waals surface area contributed by atoms with Crippen LogP contribution in [-0.2, 0) is 4.74 Å².